The van der Waals surface area contributed by atoms with E-state index >= 15 is 0 Å². The molecule has 6 aromatic rings. The average molecular weight is 810 g/mol. The first-order valence-corrected chi connectivity index (χ1v) is 24.2. The molecule has 0 unspecified atom stereocenters. The van der Waals surface area contributed by atoms with Crippen LogP contribution in [0, 0.1) is 0 Å². The van der Waals surface area contributed by atoms with Gasteiger partial charge in [-0.2, -0.15) is 0 Å². The van der Waals surface area contributed by atoms with Crippen molar-refractivity contribution in [3.05, 3.63) is 182 Å². The Morgan fingerprint density at radius 2 is 0.435 bits per heavy atom. The van der Waals surface area contributed by atoms with Crippen molar-refractivity contribution in [3.63, 3.8) is 0 Å². The van der Waals surface area contributed by atoms with E-state index in [2.05, 4.69) is 182 Å². The van der Waals surface area contributed by atoms with Gasteiger partial charge >= 0.3 is 243 Å². The van der Waals surface area contributed by atoms with Crippen LogP contribution < -0.4 is 21.5 Å². The van der Waals surface area contributed by atoms with E-state index < -0.39 is 39.5 Å². The van der Waals surface area contributed by atoms with E-state index in [9.17, 15) is 0 Å². The van der Waals surface area contributed by atoms with Crippen LogP contribution in [0.4, 0.5) is 0 Å². The van der Waals surface area contributed by atoms with Gasteiger partial charge in [-0.1, -0.05) is 0 Å². The SMILES string of the molecule is CN(C)[B][B]N(C)C.c1cc[c]([Sn]([c]2ccccc2)[c]2ccccc2)cc1.c1cc[c]([Sn]([c]2ccccc2)[c]2ccccc2)cc1. The monoisotopic (exact) mass is 812 g/mol. The van der Waals surface area contributed by atoms with Crippen LogP contribution in [0.25, 0.3) is 0 Å². The van der Waals surface area contributed by atoms with Crippen molar-refractivity contribution < 1.29 is 0 Å². The van der Waals surface area contributed by atoms with Crippen molar-refractivity contribution in [1.29, 1.82) is 0 Å². The molecule has 0 aliphatic carbocycles. The second-order valence-electron chi connectivity index (χ2n) is 11.2. The molecule has 0 amide bonds. The Morgan fingerprint density at radius 1 is 0.283 bits per heavy atom. The molecular weight excluding hydrogens is 767 g/mol. The van der Waals surface area contributed by atoms with Gasteiger partial charge in [-0.25, -0.2) is 0 Å². The topological polar surface area (TPSA) is 6.48 Å². The second-order valence-corrected chi connectivity index (χ2v) is 25.3. The van der Waals surface area contributed by atoms with E-state index in [1.165, 1.54) is 21.5 Å². The molecule has 0 fully saturated rings. The van der Waals surface area contributed by atoms with Gasteiger partial charge in [-0.3, -0.25) is 0 Å². The maximum absolute atomic E-state index is 2.29. The molecule has 4 radical (unpaired) electrons. The standard InChI is InChI=1S/6C6H5.C4H12B2N2.2Sn/c6*1-2-4-6-5-3-1;1-7(2)5-6-8(3)4;;/h6*1-5H;1-4H3;;. The molecule has 0 N–H and O–H groups in total. The molecule has 0 aromatic heterocycles. The first-order valence-electron chi connectivity index (χ1n) is 15.6. The third kappa shape index (κ3) is 12.0. The summed E-state index contributed by atoms with van der Waals surface area (Å²) in [6.07, 6.45) is 0. The summed E-state index contributed by atoms with van der Waals surface area (Å²) in [6.45, 7) is 0. The Hall–Kier alpha value is -3.03. The van der Waals surface area contributed by atoms with E-state index in [4.69, 9.17) is 0 Å². The third-order valence-electron chi connectivity index (χ3n) is 7.04. The van der Waals surface area contributed by atoms with Gasteiger partial charge in [0, 0.05) is 0 Å². The van der Waals surface area contributed by atoms with Gasteiger partial charge in [0.15, 0.2) is 14.6 Å². The van der Waals surface area contributed by atoms with Crippen molar-refractivity contribution in [2.45, 2.75) is 0 Å². The fourth-order valence-corrected chi connectivity index (χ4v) is 19.6. The minimum atomic E-state index is -1.98. The van der Waals surface area contributed by atoms with Gasteiger partial charge in [0.25, 0.3) is 0 Å². The van der Waals surface area contributed by atoms with Gasteiger partial charge in [0.1, 0.15) is 0 Å². The Bertz CT molecular complexity index is 1310. The van der Waals surface area contributed by atoms with Gasteiger partial charge in [0.05, 0.1) is 0 Å². The Morgan fingerprint density at radius 3 is 0.565 bits per heavy atom. The first kappa shape index (κ1) is 35.8. The second kappa shape index (κ2) is 20.3. The summed E-state index contributed by atoms with van der Waals surface area (Å²) in [5, 5.41) is 0. The van der Waals surface area contributed by atoms with Crippen molar-refractivity contribution in [2.75, 3.05) is 28.2 Å². The summed E-state index contributed by atoms with van der Waals surface area (Å²) < 4.78 is 9.18. The molecule has 0 aliphatic heterocycles. The van der Waals surface area contributed by atoms with Crippen molar-refractivity contribution in [3.8, 4) is 0 Å². The summed E-state index contributed by atoms with van der Waals surface area (Å²) in [7, 11) is 12.0. The van der Waals surface area contributed by atoms with Crippen LogP contribution in [0.15, 0.2) is 182 Å². The molecule has 6 rings (SSSR count). The zero-order valence-electron chi connectivity index (χ0n) is 27.4. The fourth-order valence-electron chi connectivity index (χ4n) is 4.90. The Labute approximate surface area is 293 Å². The molecule has 6 heteroatoms. The predicted molar refractivity (Wildman–Crippen MR) is 207 cm³/mol. The molecule has 0 spiro atoms. The minimum absolute atomic E-state index is 1.53. The van der Waals surface area contributed by atoms with Gasteiger partial charge in [-0.15, -0.1) is 0 Å². The molecular formula is C40H42B2N2Sn2. The molecule has 46 heavy (non-hydrogen) atoms. The Balaban J connectivity index is 0.000000170. The number of benzene rings is 6. The summed E-state index contributed by atoms with van der Waals surface area (Å²) in [4.78, 5) is 4.00. The quantitative estimate of drug-likeness (QED) is 0.206. The van der Waals surface area contributed by atoms with E-state index in [1.807, 2.05) is 52.4 Å². The van der Waals surface area contributed by atoms with Gasteiger partial charge in [0.2, 0.25) is 0 Å². The first-order chi connectivity index (χ1) is 22.5. The molecule has 0 atom stereocenters. The third-order valence-corrected chi connectivity index (χ3v) is 22.6. The van der Waals surface area contributed by atoms with Crippen molar-refractivity contribution >= 4 is 75.6 Å². The molecule has 6 aromatic carbocycles. The van der Waals surface area contributed by atoms with E-state index in [0.29, 0.717) is 0 Å². The van der Waals surface area contributed by atoms with Crippen LogP contribution in [-0.4, -0.2) is 91.9 Å². The van der Waals surface area contributed by atoms with Crippen LogP contribution in [0.5, 0.6) is 0 Å². The normalized spacial score (nSPS) is 10.5. The average Bonchev–Trinajstić information content (AvgIpc) is 3.11. The summed E-state index contributed by atoms with van der Waals surface area (Å²) in [5.74, 6) is 0. The van der Waals surface area contributed by atoms with Gasteiger partial charge < -0.3 is 9.62 Å². The summed E-state index contributed by atoms with van der Waals surface area (Å²) in [5.41, 5.74) is 0. The molecule has 2 nitrogen and oxygen atoms in total. The molecule has 0 aliphatic rings. The van der Waals surface area contributed by atoms with E-state index in [1.54, 1.807) is 0 Å². The molecule has 0 saturated carbocycles. The maximum atomic E-state index is 2.29. The number of hydrogen-bond acceptors (Lipinski definition) is 2. The van der Waals surface area contributed by atoms with Crippen LogP contribution in [0.1, 0.15) is 0 Å². The summed E-state index contributed by atoms with van der Waals surface area (Å²) >= 11 is -3.96. The van der Waals surface area contributed by atoms with Crippen LogP contribution >= 0.6 is 0 Å². The van der Waals surface area contributed by atoms with Crippen molar-refractivity contribution in [2.24, 2.45) is 0 Å². The van der Waals surface area contributed by atoms with E-state index in [-0.39, 0.29) is 0 Å². The van der Waals surface area contributed by atoms with Crippen LogP contribution in [0.3, 0.4) is 0 Å². The molecule has 0 bridgehead atoms. The van der Waals surface area contributed by atoms with Crippen LogP contribution in [-0.2, 0) is 0 Å². The van der Waals surface area contributed by atoms with Gasteiger partial charge in [-0.05, 0) is 28.2 Å². The molecule has 0 saturated heterocycles. The predicted octanol–water partition coefficient (Wildman–Crippen LogP) is 3.67. The van der Waals surface area contributed by atoms with Crippen molar-refractivity contribution in [1.82, 2.24) is 9.62 Å². The Kier molecular flexibility index (Phi) is 15.8. The number of hydrogen-bond donors (Lipinski definition) is 0. The number of rotatable bonds is 9. The fraction of sp³-hybridized carbons (Fsp3) is 0.100. The van der Waals surface area contributed by atoms with E-state index in [0.717, 1.165) is 0 Å². The summed E-state index contributed by atoms with van der Waals surface area (Å²) in [6, 6.07) is 65.9. The van der Waals surface area contributed by atoms with Crippen LogP contribution in [0.2, 0.25) is 0 Å². The zero-order chi connectivity index (χ0) is 32.4. The molecule has 226 valence electrons. The number of nitrogens with zero attached hydrogens (tertiary/aromatic N) is 2. The molecule has 0 heterocycles. The zero-order valence-corrected chi connectivity index (χ0v) is 33.1.